The number of carbonyl (C=O) groups is 1. The molecule has 1 aromatic carbocycles. The average Bonchev–Trinajstić information content (AvgIpc) is 2.40. The number of nitrogens with one attached hydrogen (secondary N) is 1. The van der Waals surface area contributed by atoms with Crippen molar-refractivity contribution in [1.29, 1.82) is 0 Å². The summed E-state index contributed by atoms with van der Waals surface area (Å²) >= 11 is 3.51. The summed E-state index contributed by atoms with van der Waals surface area (Å²) in [7, 11) is 0. The number of amides is 1. The van der Waals surface area contributed by atoms with Crippen LogP contribution in [0.3, 0.4) is 0 Å². The lowest BCUT2D eigenvalue weighted by molar-refractivity contribution is -0.122. The van der Waals surface area contributed by atoms with E-state index in [1.165, 1.54) is 11.1 Å². The second kappa shape index (κ2) is 7.09. The lowest BCUT2D eigenvalue weighted by Gasteiger charge is -2.31. The first-order valence-corrected chi connectivity index (χ1v) is 8.01. The highest BCUT2D eigenvalue weighted by atomic mass is 79.9. The van der Waals surface area contributed by atoms with Crippen LogP contribution in [0.4, 0.5) is 0 Å². The highest BCUT2D eigenvalue weighted by molar-refractivity contribution is 9.09. The van der Waals surface area contributed by atoms with Crippen LogP contribution < -0.4 is 5.32 Å². The van der Waals surface area contributed by atoms with Crippen molar-refractivity contribution in [3.63, 3.8) is 0 Å². The molecule has 0 radical (unpaired) electrons. The lowest BCUT2D eigenvalue weighted by Crippen LogP contribution is -2.49. The third-order valence-corrected chi connectivity index (χ3v) is 5.02. The maximum absolute atomic E-state index is 12.2. The summed E-state index contributed by atoms with van der Waals surface area (Å²) in [5.41, 5.74) is 3.47. The minimum Gasteiger partial charge on any atom is -0.350 e. The molecule has 0 heterocycles. The van der Waals surface area contributed by atoms with Gasteiger partial charge in [0.05, 0.1) is 6.42 Å². The van der Waals surface area contributed by atoms with Gasteiger partial charge in [-0.2, -0.15) is 0 Å². The van der Waals surface area contributed by atoms with E-state index in [-0.39, 0.29) is 11.4 Å². The lowest BCUT2D eigenvalue weighted by atomic mass is 9.95. The van der Waals surface area contributed by atoms with E-state index in [0.29, 0.717) is 6.42 Å². The van der Waals surface area contributed by atoms with Crippen LogP contribution in [0.25, 0.3) is 0 Å². The summed E-state index contributed by atoms with van der Waals surface area (Å²) in [6.45, 7) is 8.39. The van der Waals surface area contributed by atoms with E-state index < -0.39 is 0 Å². The van der Waals surface area contributed by atoms with Crippen LogP contribution in [-0.2, 0) is 11.2 Å². The van der Waals surface area contributed by atoms with E-state index in [9.17, 15) is 4.79 Å². The molecule has 0 fully saturated rings. The molecule has 1 amide bonds. The summed E-state index contributed by atoms with van der Waals surface area (Å²) in [6, 6.07) is 6.22. The molecule has 3 heteroatoms. The molecule has 1 aromatic rings. The van der Waals surface area contributed by atoms with Crippen molar-refractivity contribution in [2.24, 2.45) is 0 Å². The molecular weight excluding hydrogens is 302 g/mol. The molecular formula is C16H24BrNO. The Balaban J connectivity index is 2.71. The maximum Gasteiger partial charge on any atom is 0.224 e. The summed E-state index contributed by atoms with van der Waals surface area (Å²) < 4.78 is 0. The van der Waals surface area contributed by atoms with Crippen molar-refractivity contribution < 1.29 is 4.79 Å². The number of rotatable bonds is 6. The summed E-state index contributed by atoms with van der Waals surface area (Å²) in [4.78, 5) is 12.2. The first-order valence-electron chi connectivity index (χ1n) is 6.89. The second-order valence-electron chi connectivity index (χ2n) is 5.26. The highest BCUT2D eigenvalue weighted by Crippen LogP contribution is 2.18. The first kappa shape index (κ1) is 16.2. The van der Waals surface area contributed by atoms with Crippen molar-refractivity contribution in [2.75, 3.05) is 5.33 Å². The Bertz CT molecular complexity index is 430. The standard InChI is InChI=1S/C16H24BrNO/c1-5-16(6-2,11-17)18-15(19)10-14-8-7-12(3)13(4)9-14/h7-9H,5-6,10-11H2,1-4H3,(H,18,19). The molecule has 0 aromatic heterocycles. The van der Waals surface area contributed by atoms with Crippen molar-refractivity contribution in [3.8, 4) is 0 Å². The molecule has 0 saturated heterocycles. The molecule has 106 valence electrons. The molecule has 0 aliphatic rings. The predicted molar refractivity (Wildman–Crippen MR) is 84.9 cm³/mol. The number of hydrogen-bond donors (Lipinski definition) is 1. The van der Waals surface area contributed by atoms with E-state index in [0.717, 1.165) is 23.7 Å². The van der Waals surface area contributed by atoms with Gasteiger partial charge in [0, 0.05) is 10.9 Å². The zero-order valence-corrected chi connectivity index (χ0v) is 13.9. The molecule has 0 unspecified atom stereocenters. The quantitative estimate of drug-likeness (QED) is 0.789. The van der Waals surface area contributed by atoms with Gasteiger partial charge in [-0.25, -0.2) is 0 Å². The Hall–Kier alpha value is -0.830. The smallest absolute Gasteiger partial charge is 0.224 e. The van der Waals surface area contributed by atoms with Crippen LogP contribution in [0.2, 0.25) is 0 Å². The Morgan fingerprint density at radius 1 is 1.21 bits per heavy atom. The number of hydrogen-bond acceptors (Lipinski definition) is 1. The number of aryl methyl sites for hydroxylation is 2. The SMILES string of the molecule is CCC(CC)(CBr)NC(=O)Cc1ccc(C)c(C)c1. The minimum atomic E-state index is -0.114. The Morgan fingerprint density at radius 2 is 1.84 bits per heavy atom. The molecule has 1 rings (SSSR count). The van der Waals surface area contributed by atoms with Crippen LogP contribution in [0.1, 0.15) is 43.4 Å². The van der Waals surface area contributed by atoms with Crippen LogP contribution in [0.15, 0.2) is 18.2 Å². The Morgan fingerprint density at radius 3 is 2.32 bits per heavy atom. The van der Waals surface area contributed by atoms with Gasteiger partial charge in [-0.05, 0) is 43.4 Å². The van der Waals surface area contributed by atoms with Gasteiger partial charge in [-0.3, -0.25) is 4.79 Å². The molecule has 0 atom stereocenters. The van der Waals surface area contributed by atoms with Crippen LogP contribution in [0, 0.1) is 13.8 Å². The molecule has 0 aliphatic heterocycles. The summed E-state index contributed by atoms with van der Waals surface area (Å²) in [6.07, 6.45) is 2.33. The molecule has 0 saturated carbocycles. The zero-order valence-electron chi connectivity index (χ0n) is 12.3. The van der Waals surface area contributed by atoms with Crippen molar-refractivity contribution in [1.82, 2.24) is 5.32 Å². The molecule has 0 bridgehead atoms. The number of alkyl halides is 1. The normalized spacial score (nSPS) is 11.4. The summed E-state index contributed by atoms with van der Waals surface area (Å²) in [5, 5.41) is 3.97. The van der Waals surface area contributed by atoms with E-state index in [4.69, 9.17) is 0 Å². The van der Waals surface area contributed by atoms with E-state index in [1.807, 2.05) is 6.07 Å². The molecule has 19 heavy (non-hydrogen) atoms. The molecule has 0 spiro atoms. The highest BCUT2D eigenvalue weighted by Gasteiger charge is 2.26. The fourth-order valence-electron chi connectivity index (χ4n) is 2.09. The van der Waals surface area contributed by atoms with Gasteiger partial charge in [0.2, 0.25) is 5.91 Å². The Kier molecular flexibility index (Phi) is 6.05. The first-order chi connectivity index (χ1) is 8.96. The summed E-state index contributed by atoms with van der Waals surface area (Å²) in [5.74, 6) is 0.103. The van der Waals surface area contributed by atoms with Gasteiger partial charge in [-0.15, -0.1) is 0 Å². The Labute approximate surface area is 125 Å². The van der Waals surface area contributed by atoms with Crippen LogP contribution in [-0.4, -0.2) is 16.8 Å². The average molecular weight is 326 g/mol. The third-order valence-electron chi connectivity index (χ3n) is 3.95. The number of carbonyl (C=O) groups excluding carboxylic acids is 1. The van der Waals surface area contributed by atoms with Gasteiger partial charge in [0.25, 0.3) is 0 Å². The maximum atomic E-state index is 12.2. The van der Waals surface area contributed by atoms with Crippen LogP contribution in [0.5, 0.6) is 0 Å². The topological polar surface area (TPSA) is 29.1 Å². The largest absolute Gasteiger partial charge is 0.350 e. The minimum absolute atomic E-state index is 0.103. The van der Waals surface area contributed by atoms with Gasteiger partial charge >= 0.3 is 0 Å². The van der Waals surface area contributed by atoms with Gasteiger partial charge in [0.15, 0.2) is 0 Å². The fourth-order valence-corrected chi connectivity index (χ4v) is 3.02. The van der Waals surface area contributed by atoms with Crippen LogP contribution >= 0.6 is 15.9 Å². The molecule has 0 aliphatic carbocycles. The number of halogens is 1. The van der Waals surface area contributed by atoms with Gasteiger partial charge in [0.1, 0.15) is 0 Å². The van der Waals surface area contributed by atoms with Gasteiger partial charge in [-0.1, -0.05) is 48.0 Å². The van der Waals surface area contributed by atoms with E-state index >= 15 is 0 Å². The van der Waals surface area contributed by atoms with Crippen molar-refractivity contribution >= 4 is 21.8 Å². The molecule has 1 N–H and O–H groups in total. The fraction of sp³-hybridized carbons (Fsp3) is 0.562. The second-order valence-corrected chi connectivity index (χ2v) is 5.83. The van der Waals surface area contributed by atoms with E-state index in [1.54, 1.807) is 0 Å². The third kappa shape index (κ3) is 4.34. The predicted octanol–water partition coefficient (Wildman–Crippen LogP) is 3.92. The molecule has 2 nitrogen and oxygen atoms in total. The zero-order chi connectivity index (χ0) is 14.5. The van der Waals surface area contributed by atoms with Gasteiger partial charge < -0.3 is 5.32 Å². The monoisotopic (exact) mass is 325 g/mol. The van der Waals surface area contributed by atoms with Crippen molar-refractivity contribution in [2.45, 2.75) is 52.5 Å². The number of benzene rings is 1. The van der Waals surface area contributed by atoms with Crippen molar-refractivity contribution in [3.05, 3.63) is 34.9 Å². The van der Waals surface area contributed by atoms with E-state index in [2.05, 4.69) is 61.1 Å².